The van der Waals surface area contributed by atoms with Crippen LogP contribution in [-0.4, -0.2) is 0 Å². The van der Waals surface area contributed by atoms with E-state index in [4.69, 9.17) is 4.74 Å². The molecule has 49 heavy (non-hydrogen) atoms. The lowest BCUT2D eigenvalue weighted by molar-refractivity contribution is 0.436. The van der Waals surface area contributed by atoms with Crippen molar-refractivity contribution in [2.45, 2.75) is 11.3 Å². The van der Waals surface area contributed by atoms with Gasteiger partial charge in [0, 0.05) is 17.0 Å². The largest absolute Gasteiger partial charge is 0.457 e. The van der Waals surface area contributed by atoms with Gasteiger partial charge in [0.15, 0.2) is 0 Å². The number of hydrogen-bond acceptors (Lipinski definition) is 1. The summed E-state index contributed by atoms with van der Waals surface area (Å²) in [6.45, 7) is 0. The summed E-state index contributed by atoms with van der Waals surface area (Å²) >= 11 is 0. The van der Waals surface area contributed by atoms with Crippen molar-refractivity contribution in [3.8, 4) is 44.9 Å². The third-order valence-corrected chi connectivity index (χ3v) is 11.2. The lowest BCUT2D eigenvalue weighted by Crippen LogP contribution is -2.32. The molecule has 0 bridgehead atoms. The van der Waals surface area contributed by atoms with Crippen LogP contribution in [0.4, 0.5) is 0 Å². The summed E-state index contributed by atoms with van der Waals surface area (Å²) in [5.41, 5.74) is 16.4. The normalized spacial score (nSPS) is 15.5. The number of ether oxygens (including phenoxy) is 1. The molecule has 1 unspecified atom stereocenters. The molecule has 1 heterocycles. The number of benzene rings is 8. The Morgan fingerprint density at radius 3 is 1.84 bits per heavy atom. The molecule has 1 atom stereocenters. The molecule has 0 N–H and O–H groups in total. The Kier molecular flexibility index (Phi) is 5.43. The van der Waals surface area contributed by atoms with Gasteiger partial charge < -0.3 is 4.74 Å². The molecule has 1 nitrogen and oxygen atoms in total. The van der Waals surface area contributed by atoms with Crippen molar-refractivity contribution in [1.82, 2.24) is 0 Å². The SMILES string of the molecule is c1ccc(C2c3ccc(-c4cccc5ccccc45)cc3-c3cc4c(cc32)C2(c3ccccc3Oc3ccccc32)c2ccccc2-4)cc1. The van der Waals surface area contributed by atoms with Crippen molar-refractivity contribution in [1.29, 1.82) is 0 Å². The minimum atomic E-state index is -0.490. The quantitative estimate of drug-likeness (QED) is 0.186. The van der Waals surface area contributed by atoms with Gasteiger partial charge in [0.25, 0.3) is 0 Å². The van der Waals surface area contributed by atoms with Crippen LogP contribution in [-0.2, 0) is 5.41 Å². The van der Waals surface area contributed by atoms with Gasteiger partial charge >= 0.3 is 0 Å². The first-order valence-electron chi connectivity index (χ1n) is 17.1. The first-order valence-corrected chi connectivity index (χ1v) is 17.1. The first-order chi connectivity index (χ1) is 24.3. The van der Waals surface area contributed by atoms with Crippen LogP contribution >= 0.6 is 0 Å². The van der Waals surface area contributed by atoms with Gasteiger partial charge in [-0.15, -0.1) is 0 Å². The second-order valence-corrected chi connectivity index (χ2v) is 13.5. The maximum absolute atomic E-state index is 6.61. The fourth-order valence-corrected chi connectivity index (χ4v) is 9.24. The summed E-state index contributed by atoms with van der Waals surface area (Å²) in [5.74, 6) is 1.98. The van der Waals surface area contributed by atoms with Gasteiger partial charge in [-0.2, -0.15) is 0 Å². The summed E-state index contributed by atoms with van der Waals surface area (Å²) < 4.78 is 6.61. The van der Waals surface area contributed by atoms with Crippen LogP contribution in [0.5, 0.6) is 11.5 Å². The first kappa shape index (κ1) is 26.8. The molecule has 0 saturated carbocycles. The molecular formula is C48H30O. The highest BCUT2D eigenvalue weighted by Gasteiger charge is 2.52. The average molecular weight is 623 g/mol. The third kappa shape index (κ3) is 3.54. The molecule has 8 aromatic carbocycles. The molecule has 0 aromatic heterocycles. The highest BCUT2D eigenvalue weighted by Crippen LogP contribution is 2.64. The molecule has 8 aromatic rings. The summed E-state index contributed by atoms with van der Waals surface area (Å²) in [4.78, 5) is 0. The van der Waals surface area contributed by atoms with Gasteiger partial charge in [-0.25, -0.2) is 0 Å². The fourth-order valence-electron chi connectivity index (χ4n) is 9.24. The van der Waals surface area contributed by atoms with E-state index in [1.165, 1.54) is 83.1 Å². The minimum absolute atomic E-state index is 0.129. The van der Waals surface area contributed by atoms with Crippen molar-refractivity contribution in [2.24, 2.45) is 0 Å². The predicted molar refractivity (Wildman–Crippen MR) is 200 cm³/mol. The zero-order chi connectivity index (χ0) is 32.1. The molecule has 1 spiro atoms. The molecule has 228 valence electrons. The molecule has 0 fully saturated rings. The Labute approximate surface area is 285 Å². The molecule has 1 aliphatic heterocycles. The molecule has 11 rings (SSSR count). The van der Waals surface area contributed by atoms with Gasteiger partial charge in [0.1, 0.15) is 11.5 Å². The van der Waals surface area contributed by atoms with E-state index in [1.807, 2.05) is 0 Å². The molecule has 3 aliphatic rings. The van der Waals surface area contributed by atoms with Crippen LogP contribution in [0.15, 0.2) is 176 Å². The average Bonchev–Trinajstić information content (AvgIpc) is 3.64. The Balaban J connectivity index is 1.23. The number of fused-ring (bicyclic) bond motifs is 13. The van der Waals surface area contributed by atoms with Crippen LogP contribution in [0.1, 0.15) is 44.9 Å². The van der Waals surface area contributed by atoms with Crippen LogP contribution in [0, 0.1) is 0 Å². The minimum Gasteiger partial charge on any atom is -0.457 e. The van der Waals surface area contributed by atoms with E-state index in [0.29, 0.717) is 0 Å². The summed E-state index contributed by atoms with van der Waals surface area (Å²) in [5, 5.41) is 2.55. The van der Waals surface area contributed by atoms with E-state index in [1.54, 1.807) is 0 Å². The van der Waals surface area contributed by atoms with Gasteiger partial charge in [0.05, 0.1) is 5.41 Å². The Hall–Kier alpha value is -6.18. The third-order valence-electron chi connectivity index (χ3n) is 11.2. The van der Waals surface area contributed by atoms with Crippen molar-refractivity contribution >= 4 is 10.8 Å². The summed E-state index contributed by atoms with van der Waals surface area (Å²) in [6, 6.07) is 64.9. The lowest BCUT2D eigenvalue weighted by atomic mass is 9.65. The van der Waals surface area contributed by atoms with Crippen LogP contribution in [0.25, 0.3) is 44.2 Å². The topological polar surface area (TPSA) is 9.23 Å². The highest BCUT2D eigenvalue weighted by molar-refractivity contribution is 5.99. The van der Waals surface area contributed by atoms with E-state index in [-0.39, 0.29) is 5.92 Å². The van der Waals surface area contributed by atoms with E-state index >= 15 is 0 Å². The maximum atomic E-state index is 6.61. The monoisotopic (exact) mass is 622 g/mol. The molecule has 1 heteroatoms. The smallest absolute Gasteiger partial charge is 0.132 e. The van der Waals surface area contributed by atoms with Gasteiger partial charge in [-0.1, -0.05) is 152 Å². The van der Waals surface area contributed by atoms with Gasteiger partial charge in [-0.05, 0) is 96.2 Å². The van der Waals surface area contributed by atoms with E-state index < -0.39 is 5.41 Å². The molecule has 2 aliphatic carbocycles. The lowest BCUT2D eigenvalue weighted by Gasteiger charge is -2.39. The predicted octanol–water partition coefficient (Wildman–Crippen LogP) is 12.1. The number of para-hydroxylation sites is 2. The van der Waals surface area contributed by atoms with Crippen LogP contribution in [0.3, 0.4) is 0 Å². The Morgan fingerprint density at radius 1 is 0.388 bits per heavy atom. The zero-order valence-corrected chi connectivity index (χ0v) is 26.7. The standard InChI is InChI=1S/C48H30O/c1-2-14-31(15-3-1)47-36-26-25-32(34-19-12-16-30-13-4-5-17-33(30)34)27-37(36)38-28-39-35-18-6-7-20-41(35)48(44(39)29-40(38)47)42-21-8-10-23-45(42)49-46-24-11-9-22-43(46)48/h1-29,47H. The van der Waals surface area contributed by atoms with Crippen LogP contribution in [0.2, 0.25) is 0 Å². The van der Waals surface area contributed by atoms with E-state index in [9.17, 15) is 0 Å². The molecule has 0 amide bonds. The van der Waals surface area contributed by atoms with E-state index in [2.05, 4.69) is 176 Å². The molecule has 0 saturated heterocycles. The second-order valence-electron chi connectivity index (χ2n) is 13.5. The van der Waals surface area contributed by atoms with Crippen molar-refractivity contribution in [3.63, 3.8) is 0 Å². The van der Waals surface area contributed by atoms with Gasteiger partial charge in [0.2, 0.25) is 0 Å². The van der Waals surface area contributed by atoms with Crippen LogP contribution < -0.4 is 4.74 Å². The highest BCUT2D eigenvalue weighted by atomic mass is 16.5. The number of rotatable bonds is 2. The van der Waals surface area contributed by atoms with Crippen molar-refractivity contribution < 1.29 is 4.74 Å². The second kappa shape index (κ2) is 9.92. The number of hydrogen-bond donors (Lipinski definition) is 0. The van der Waals surface area contributed by atoms with E-state index in [0.717, 1.165) is 11.5 Å². The molecule has 0 radical (unpaired) electrons. The van der Waals surface area contributed by atoms with Gasteiger partial charge in [-0.3, -0.25) is 0 Å². The fraction of sp³-hybridized carbons (Fsp3) is 0.0417. The van der Waals surface area contributed by atoms with Crippen molar-refractivity contribution in [2.75, 3.05) is 0 Å². The summed E-state index contributed by atoms with van der Waals surface area (Å²) in [7, 11) is 0. The zero-order valence-electron chi connectivity index (χ0n) is 26.7. The Morgan fingerprint density at radius 2 is 1.02 bits per heavy atom. The maximum Gasteiger partial charge on any atom is 0.132 e. The summed E-state index contributed by atoms with van der Waals surface area (Å²) in [6.07, 6.45) is 0. The molecular weight excluding hydrogens is 593 g/mol. The van der Waals surface area contributed by atoms with Crippen molar-refractivity contribution in [3.05, 3.63) is 215 Å². The Bertz CT molecular complexity index is 2600.